The normalized spacial score (nSPS) is 12.1. The van der Waals surface area contributed by atoms with Crippen molar-refractivity contribution >= 4 is 265 Å². The van der Waals surface area contributed by atoms with E-state index in [1.165, 1.54) is 181 Å². The molecule has 29 aromatic rings. The Balaban J connectivity index is 0.000000101. The molecule has 8 nitrogen and oxygen atoms in total. The van der Waals surface area contributed by atoms with Gasteiger partial charge < -0.3 is 9.13 Å². The predicted molar refractivity (Wildman–Crippen MR) is 548 cm³/mol. The Morgan fingerprint density at radius 2 is 0.551 bits per heavy atom. The molecule has 0 saturated heterocycles. The van der Waals surface area contributed by atoms with Gasteiger partial charge in [-0.05, 0) is 84.9 Å². The summed E-state index contributed by atoms with van der Waals surface area (Å²) in [6, 6.07) is 134. The molecule has 0 saturated carbocycles. The molecule has 0 radical (unpaired) electrons. The van der Waals surface area contributed by atoms with Crippen molar-refractivity contribution in [3.8, 4) is 62.5 Å². The molecule has 0 spiro atoms. The smallest absolute Gasteiger partial charge is 0.162 e. The molecule has 0 aliphatic heterocycles. The quantitative estimate of drug-likeness (QED) is 0.159. The van der Waals surface area contributed by atoms with Crippen molar-refractivity contribution in [3.63, 3.8) is 0 Å². The first kappa shape index (κ1) is 72.5. The minimum absolute atomic E-state index is 0.715. The lowest BCUT2D eigenvalue weighted by Gasteiger charge is -2.13. The minimum atomic E-state index is 0.715. The summed E-state index contributed by atoms with van der Waals surface area (Å²) in [7, 11) is 0. The van der Waals surface area contributed by atoms with Crippen LogP contribution in [0.1, 0.15) is 0 Å². The summed E-state index contributed by atoms with van der Waals surface area (Å²) in [5, 5.41) is 24.9. The lowest BCUT2D eigenvalue weighted by atomic mass is 10.0. The van der Waals surface area contributed by atoms with Gasteiger partial charge in [-0.15, -0.1) is 68.0 Å². The molecule has 12 aromatic heterocycles. The van der Waals surface area contributed by atoms with Crippen LogP contribution in [0.3, 0.4) is 0 Å². The second-order valence-corrected chi connectivity index (χ2v) is 38.6. The van der Waals surface area contributed by atoms with Crippen LogP contribution in [-0.2, 0) is 0 Å². The van der Waals surface area contributed by atoms with Gasteiger partial charge in [0.2, 0.25) is 0 Å². The molecule has 14 heteroatoms. The van der Waals surface area contributed by atoms with Gasteiger partial charge in [-0.2, -0.15) is 0 Å². The molecule has 0 fully saturated rings. The third-order valence-corrected chi connectivity index (χ3v) is 32.3. The zero-order valence-electron chi connectivity index (χ0n) is 67.5. The summed E-state index contributed by atoms with van der Waals surface area (Å²) in [6.07, 6.45) is 3.82. The van der Waals surface area contributed by atoms with Crippen LogP contribution in [0.2, 0.25) is 0 Å². The van der Waals surface area contributed by atoms with E-state index in [2.05, 4.69) is 346 Å². The number of thiophene rings is 6. The molecule has 592 valence electrons. The van der Waals surface area contributed by atoms with E-state index in [0.29, 0.717) is 5.82 Å². The van der Waals surface area contributed by atoms with E-state index in [0.717, 1.165) is 73.1 Å². The molecule has 0 amide bonds. The predicted octanol–water partition coefficient (Wildman–Crippen LogP) is 33.4. The topological polar surface area (TPSA) is 79.2 Å². The number of nitrogens with zero attached hydrogens (tertiary/aromatic N) is 8. The van der Waals surface area contributed by atoms with E-state index in [4.69, 9.17) is 19.9 Å². The molecule has 0 unspecified atom stereocenters. The van der Waals surface area contributed by atoms with Crippen LogP contribution in [0.25, 0.3) is 260 Å². The number of rotatable bonds is 7. The van der Waals surface area contributed by atoms with Crippen LogP contribution in [0.5, 0.6) is 0 Å². The second kappa shape index (κ2) is 28.8. The van der Waals surface area contributed by atoms with Gasteiger partial charge in [-0.25, -0.2) is 19.9 Å². The fourth-order valence-electron chi connectivity index (χ4n) is 19.9. The molecule has 127 heavy (non-hydrogen) atoms. The number of aromatic nitrogens is 8. The van der Waals surface area contributed by atoms with Gasteiger partial charge >= 0.3 is 0 Å². The third kappa shape index (κ3) is 11.1. The monoisotopic (exact) mass is 1720 g/mol. The van der Waals surface area contributed by atoms with E-state index < -0.39 is 0 Å². The van der Waals surface area contributed by atoms with Gasteiger partial charge in [-0.3, -0.25) is 9.55 Å². The van der Waals surface area contributed by atoms with Crippen molar-refractivity contribution in [2.24, 2.45) is 0 Å². The number of hydrogen-bond acceptors (Lipinski definition) is 11. The molecule has 0 bridgehead atoms. The van der Waals surface area contributed by atoms with Crippen LogP contribution < -0.4 is 0 Å². The lowest BCUT2D eigenvalue weighted by molar-refractivity contribution is 1.05. The highest BCUT2D eigenvalue weighted by molar-refractivity contribution is 7.32. The second-order valence-electron chi connectivity index (χ2n) is 32.3. The Kier molecular flexibility index (Phi) is 16.4. The van der Waals surface area contributed by atoms with E-state index in [-0.39, 0.29) is 0 Å². The molecule has 0 aliphatic carbocycles. The van der Waals surface area contributed by atoms with E-state index in [1.54, 1.807) is 0 Å². The minimum Gasteiger partial charge on any atom is -0.308 e. The molecule has 0 aliphatic rings. The molecular weight excluding hydrogens is 1660 g/mol. The van der Waals surface area contributed by atoms with Crippen LogP contribution in [0.4, 0.5) is 0 Å². The maximum absolute atomic E-state index is 5.32. The summed E-state index contributed by atoms with van der Waals surface area (Å²) < 4.78 is 23.3. The van der Waals surface area contributed by atoms with Crippen molar-refractivity contribution in [1.29, 1.82) is 0 Å². The number of para-hydroxylation sites is 3. The maximum atomic E-state index is 5.32. The van der Waals surface area contributed by atoms with Crippen LogP contribution in [-0.4, -0.2) is 38.6 Å². The maximum Gasteiger partial charge on any atom is 0.162 e. The van der Waals surface area contributed by atoms with Gasteiger partial charge in [0.25, 0.3) is 0 Å². The Hall–Kier alpha value is -15.0. The summed E-state index contributed by atoms with van der Waals surface area (Å²) >= 11 is 11.4. The highest BCUT2D eigenvalue weighted by Gasteiger charge is 2.30. The summed E-state index contributed by atoms with van der Waals surface area (Å²) in [5.74, 6) is 2.31. The molecule has 29 rings (SSSR count). The molecule has 17 aromatic carbocycles. The first-order chi connectivity index (χ1) is 63.0. The Labute approximate surface area is 748 Å². The Bertz CT molecular complexity index is 9550. The Morgan fingerprint density at radius 3 is 0.969 bits per heavy atom. The Morgan fingerprint density at radius 1 is 0.213 bits per heavy atom. The number of benzene rings is 17. The van der Waals surface area contributed by atoms with Crippen LogP contribution >= 0.6 is 68.0 Å². The fourth-order valence-corrected chi connectivity index (χ4v) is 27.7. The fraction of sp³-hybridized carbons (Fsp3) is 0. The van der Waals surface area contributed by atoms with Gasteiger partial charge in [0.05, 0.1) is 76.0 Å². The first-order valence-electron chi connectivity index (χ1n) is 42.4. The highest BCUT2D eigenvalue weighted by Crippen LogP contribution is 2.57. The van der Waals surface area contributed by atoms with Crippen molar-refractivity contribution in [3.05, 3.63) is 389 Å². The third-order valence-electron chi connectivity index (χ3n) is 25.2. The number of pyridine rings is 1. The average molecular weight is 1730 g/mol. The highest BCUT2D eigenvalue weighted by atomic mass is 32.1. The summed E-state index contributed by atoms with van der Waals surface area (Å²) in [5.41, 5.74) is 16.4. The summed E-state index contributed by atoms with van der Waals surface area (Å²) in [4.78, 5) is 25.2. The van der Waals surface area contributed by atoms with Gasteiger partial charge in [0.1, 0.15) is 5.82 Å². The SMILES string of the molecule is c1ccc(-c2cc(-n3c4ccccc4c4c5c6ccccc6sc5c5c6ccccc6sc5c43)nc(-c3ccccc3)n2)cc1.c1ccc(-c2nc(-c3ccccc3)c3cc(-n4c5ccccc5c5c6c7ccccc7sc6c6c7ccccc7sc6c54)ccc3n2)cc1.c1cncc(-n2c3ccccc3c3c4c5ccccc5sc4c4c5ccccc5sc4c32)c1. The van der Waals surface area contributed by atoms with Crippen molar-refractivity contribution in [1.82, 2.24) is 38.6 Å². The van der Waals surface area contributed by atoms with Gasteiger partial charge in [-0.1, -0.05) is 285 Å². The van der Waals surface area contributed by atoms with Crippen LogP contribution in [0, 0.1) is 0 Å². The van der Waals surface area contributed by atoms with Crippen LogP contribution in [0.15, 0.2) is 389 Å². The van der Waals surface area contributed by atoms with E-state index in [9.17, 15) is 0 Å². The van der Waals surface area contributed by atoms with Gasteiger partial charge in [0, 0.05) is 185 Å². The molecular formula is C113H64N8S6. The lowest BCUT2D eigenvalue weighted by Crippen LogP contribution is -2.02. The molecule has 0 N–H and O–H groups in total. The summed E-state index contributed by atoms with van der Waals surface area (Å²) in [6.45, 7) is 0. The zero-order valence-corrected chi connectivity index (χ0v) is 72.4. The van der Waals surface area contributed by atoms with Crippen molar-refractivity contribution in [2.45, 2.75) is 0 Å². The number of hydrogen-bond donors (Lipinski definition) is 0. The van der Waals surface area contributed by atoms with E-state index in [1.807, 2.05) is 129 Å². The van der Waals surface area contributed by atoms with Crippen molar-refractivity contribution in [2.75, 3.05) is 0 Å². The zero-order chi connectivity index (χ0) is 83.1. The van der Waals surface area contributed by atoms with Gasteiger partial charge in [0.15, 0.2) is 11.6 Å². The molecule has 12 heterocycles. The average Bonchev–Trinajstić information content (AvgIpc) is 1.53. The molecule has 0 atom stereocenters. The largest absolute Gasteiger partial charge is 0.308 e. The standard InChI is InChI=1S/C44H25N3S2.C40H23N3S2.C29H16N2S2/c1-3-13-26(14-4-1)40-32-25-28(23-24-33(32)45-44(46-40)27-15-5-2-6-16-27)47-34-20-10-7-17-29(34)37-38-30-18-8-11-21-35(30)48-42(38)39-31-19-9-12-22-36(31)49-43(39)41(37)47;1-3-13-24(14-4-1)29-23-33(42-40(41-29)25-15-5-2-6-16-25)43-30-20-10-7-17-26(30)34-35-27-18-8-11-21-31(27)44-38(35)36-28-19-9-12-22-32(28)45-39(36)37(34)43;1-4-12-21-18(9-1)24-25-19-10-2-5-13-22(19)32-28(25)26-20-11-3-6-14-23(20)33-29(26)27(24)31(21)17-8-7-15-30-16-17/h1-25H;1-23H;1-16H. The first-order valence-corrected chi connectivity index (χ1v) is 47.3. The van der Waals surface area contributed by atoms with E-state index >= 15 is 0 Å². The van der Waals surface area contributed by atoms with Crippen molar-refractivity contribution < 1.29 is 0 Å². The number of fused-ring (bicyclic) bond motifs is 37.